The Labute approximate surface area is 174 Å². The molecule has 3 aromatic rings. The molecule has 2 heterocycles. The number of nitrogens with one attached hydrogen (secondary N) is 1. The molecule has 2 N–H and O–H groups in total. The molecule has 4 rings (SSSR count). The summed E-state index contributed by atoms with van der Waals surface area (Å²) in [6.07, 6.45) is 1.54. The minimum absolute atomic E-state index is 0.0429. The molecular weight excluding hydrogens is 382 g/mol. The van der Waals surface area contributed by atoms with Gasteiger partial charge in [0.05, 0.1) is 36.4 Å². The van der Waals surface area contributed by atoms with Gasteiger partial charge in [0.2, 0.25) is 5.95 Å². The van der Waals surface area contributed by atoms with Gasteiger partial charge < -0.3 is 19.9 Å². The molecule has 0 spiro atoms. The van der Waals surface area contributed by atoms with Crippen molar-refractivity contribution in [1.82, 2.24) is 9.55 Å². The summed E-state index contributed by atoms with van der Waals surface area (Å²) in [7, 11) is 1.50. The van der Waals surface area contributed by atoms with Crippen molar-refractivity contribution >= 4 is 23.0 Å². The van der Waals surface area contributed by atoms with Crippen LogP contribution in [-0.2, 0) is 9.53 Å². The topological polar surface area (TPSA) is 85.6 Å². The van der Waals surface area contributed by atoms with Crippen LogP contribution in [-0.4, -0.2) is 34.3 Å². The molecule has 0 amide bonds. The standard InChI is InChI=1S/C23H25N3O4/c1-4-8-16-20(22(28)30-5-2)21(14-11-12-18(27)19(13-14)29-3)26-17-10-7-6-9-15(17)24-23(26)25-16/h6-7,9-13,21,27H,4-5,8H2,1-3H3,(H,24,25)/t21-/m0/s1. The maximum absolute atomic E-state index is 13.1. The van der Waals surface area contributed by atoms with E-state index in [1.165, 1.54) is 7.11 Å². The fraction of sp³-hybridized carbons (Fsp3) is 0.304. The summed E-state index contributed by atoms with van der Waals surface area (Å²) in [5.74, 6) is 0.692. The molecule has 30 heavy (non-hydrogen) atoms. The smallest absolute Gasteiger partial charge is 0.338 e. The van der Waals surface area contributed by atoms with Gasteiger partial charge in [0.15, 0.2) is 11.5 Å². The van der Waals surface area contributed by atoms with Crippen LogP contribution >= 0.6 is 0 Å². The highest BCUT2D eigenvalue weighted by Crippen LogP contribution is 2.42. The number of aromatic hydroxyl groups is 1. The first kappa shape index (κ1) is 19.8. The van der Waals surface area contributed by atoms with Gasteiger partial charge in [0.1, 0.15) is 0 Å². The van der Waals surface area contributed by atoms with Gasteiger partial charge in [-0.1, -0.05) is 31.5 Å². The maximum Gasteiger partial charge on any atom is 0.338 e. The average molecular weight is 407 g/mol. The number of benzene rings is 2. The van der Waals surface area contributed by atoms with Gasteiger partial charge in [-0.3, -0.25) is 4.57 Å². The first-order valence-corrected chi connectivity index (χ1v) is 10.1. The van der Waals surface area contributed by atoms with Crippen LogP contribution in [0.15, 0.2) is 53.7 Å². The molecule has 1 atom stereocenters. The predicted molar refractivity (Wildman–Crippen MR) is 115 cm³/mol. The van der Waals surface area contributed by atoms with Crippen LogP contribution in [0.4, 0.5) is 5.95 Å². The number of anilines is 1. The van der Waals surface area contributed by atoms with Crippen LogP contribution < -0.4 is 10.1 Å². The first-order chi connectivity index (χ1) is 14.6. The average Bonchev–Trinajstić information content (AvgIpc) is 3.11. The number of nitrogens with zero attached hydrogens (tertiary/aromatic N) is 2. The normalized spacial score (nSPS) is 15.6. The second-order valence-electron chi connectivity index (χ2n) is 7.12. The summed E-state index contributed by atoms with van der Waals surface area (Å²) in [6, 6.07) is 12.5. The molecule has 0 aliphatic carbocycles. The monoisotopic (exact) mass is 407 g/mol. The molecule has 156 valence electrons. The van der Waals surface area contributed by atoms with Gasteiger partial charge in [-0.25, -0.2) is 9.78 Å². The summed E-state index contributed by atoms with van der Waals surface area (Å²) in [4.78, 5) is 17.9. The lowest BCUT2D eigenvalue weighted by Crippen LogP contribution is -2.29. The molecule has 0 saturated heterocycles. The zero-order chi connectivity index (χ0) is 21.3. The lowest BCUT2D eigenvalue weighted by atomic mass is 9.93. The molecule has 0 radical (unpaired) electrons. The minimum Gasteiger partial charge on any atom is -0.504 e. The lowest BCUT2D eigenvalue weighted by Gasteiger charge is -2.31. The van der Waals surface area contributed by atoms with Crippen molar-refractivity contribution in [2.45, 2.75) is 32.7 Å². The van der Waals surface area contributed by atoms with Crippen molar-refractivity contribution < 1.29 is 19.4 Å². The predicted octanol–water partition coefficient (Wildman–Crippen LogP) is 4.38. The Kier molecular flexibility index (Phi) is 5.35. The molecule has 1 aliphatic heterocycles. The molecule has 0 unspecified atom stereocenters. The molecule has 7 heteroatoms. The van der Waals surface area contributed by atoms with E-state index in [-0.39, 0.29) is 18.3 Å². The van der Waals surface area contributed by atoms with Crippen LogP contribution in [0.5, 0.6) is 11.5 Å². The number of hydrogen-bond donors (Lipinski definition) is 2. The Hall–Kier alpha value is -3.48. The second-order valence-corrected chi connectivity index (χ2v) is 7.12. The van der Waals surface area contributed by atoms with Crippen molar-refractivity contribution in [3.05, 3.63) is 59.3 Å². The fourth-order valence-corrected chi connectivity index (χ4v) is 3.96. The number of methoxy groups -OCH3 is 1. The van der Waals surface area contributed by atoms with Gasteiger partial charge >= 0.3 is 5.97 Å². The Bertz CT molecular complexity index is 1130. The molecule has 2 aromatic carbocycles. The molecule has 1 aromatic heterocycles. The summed E-state index contributed by atoms with van der Waals surface area (Å²) in [5.41, 5.74) is 3.87. The Balaban J connectivity index is 2.01. The largest absolute Gasteiger partial charge is 0.504 e. The van der Waals surface area contributed by atoms with Gasteiger partial charge in [0.25, 0.3) is 0 Å². The van der Waals surface area contributed by atoms with Crippen molar-refractivity contribution in [2.24, 2.45) is 0 Å². The van der Waals surface area contributed by atoms with Crippen LogP contribution in [0.2, 0.25) is 0 Å². The van der Waals surface area contributed by atoms with E-state index in [4.69, 9.17) is 14.5 Å². The number of phenols is 1. The molecule has 1 aliphatic rings. The Morgan fingerprint density at radius 3 is 2.77 bits per heavy atom. The highest BCUT2D eigenvalue weighted by atomic mass is 16.5. The third-order valence-corrected chi connectivity index (χ3v) is 5.23. The van der Waals surface area contributed by atoms with Gasteiger partial charge in [-0.05, 0) is 43.2 Å². The Morgan fingerprint density at radius 2 is 2.03 bits per heavy atom. The van der Waals surface area contributed by atoms with E-state index >= 15 is 0 Å². The molecular formula is C23H25N3O4. The number of carbonyl (C=O) groups is 1. The quantitative estimate of drug-likeness (QED) is 0.590. The minimum atomic E-state index is -0.469. The third-order valence-electron chi connectivity index (χ3n) is 5.23. The van der Waals surface area contributed by atoms with Crippen LogP contribution in [0.3, 0.4) is 0 Å². The number of allylic oxidation sites excluding steroid dienone is 1. The zero-order valence-electron chi connectivity index (χ0n) is 17.3. The second kappa shape index (κ2) is 8.10. The van der Waals surface area contributed by atoms with E-state index in [2.05, 4.69) is 12.2 Å². The molecule has 0 bridgehead atoms. The van der Waals surface area contributed by atoms with Gasteiger partial charge in [-0.2, -0.15) is 0 Å². The van der Waals surface area contributed by atoms with Crippen molar-refractivity contribution in [3.8, 4) is 11.5 Å². The van der Waals surface area contributed by atoms with Crippen molar-refractivity contribution in [3.63, 3.8) is 0 Å². The SMILES string of the molecule is CCCC1=C(C(=O)OCC)[C@H](c2ccc(O)c(OC)c2)n2c(nc3ccccc32)N1. The van der Waals surface area contributed by atoms with Crippen molar-refractivity contribution in [2.75, 3.05) is 19.0 Å². The highest BCUT2D eigenvalue weighted by Gasteiger charge is 2.36. The van der Waals surface area contributed by atoms with Gasteiger partial charge in [-0.15, -0.1) is 0 Å². The van der Waals surface area contributed by atoms with Crippen LogP contribution in [0, 0.1) is 0 Å². The number of carbonyl (C=O) groups excluding carboxylic acids is 1. The number of phenolic OH excluding ortho intramolecular Hbond substituents is 1. The number of hydrogen-bond acceptors (Lipinski definition) is 6. The number of para-hydroxylation sites is 2. The number of imidazole rings is 1. The highest BCUT2D eigenvalue weighted by molar-refractivity contribution is 5.94. The summed E-state index contributed by atoms with van der Waals surface area (Å²) in [6.45, 7) is 4.14. The molecule has 0 fully saturated rings. The summed E-state index contributed by atoms with van der Waals surface area (Å²) < 4.78 is 12.8. The zero-order valence-corrected chi connectivity index (χ0v) is 17.3. The van der Waals surface area contributed by atoms with E-state index < -0.39 is 6.04 Å². The number of ether oxygens (including phenoxy) is 2. The molecule has 7 nitrogen and oxygen atoms in total. The van der Waals surface area contributed by atoms with E-state index in [1.54, 1.807) is 25.1 Å². The van der Waals surface area contributed by atoms with E-state index in [9.17, 15) is 9.90 Å². The summed E-state index contributed by atoms with van der Waals surface area (Å²) in [5, 5.41) is 13.5. The lowest BCUT2D eigenvalue weighted by molar-refractivity contribution is -0.139. The molecule has 0 saturated carbocycles. The number of aromatic nitrogens is 2. The number of rotatable bonds is 6. The summed E-state index contributed by atoms with van der Waals surface area (Å²) >= 11 is 0. The number of fused-ring (bicyclic) bond motifs is 3. The van der Waals surface area contributed by atoms with Crippen LogP contribution in [0.25, 0.3) is 11.0 Å². The van der Waals surface area contributed by atoms with Gasteiger partial charge in [0, 0.05) is 5.70 Å². The Morgan fingerprint density at radius 1 is 1.23 bits per heavy atom. The van der Waals surface area contributed by atoms with E-state index in [1.807, 2.05) is 28.8 Å². The van der Waals surface area contributed by atoms with Crippen LogP contribution in [0.1, 0.15) is 38.3 Å². The number of esters is 1. The van der Waals surface area contributed by atoms with E-state index in [0.29, 0.717) is 23.7 Å². The first-order valence-electron chi connectivity index (χ1n) is 10.1. The fourth-order valence-electron chi connectivity index (χ4n) is 3.96. The third kappa shape index (κ3) is 3.26. The van der Waals surface area contributed by atoms with E-state index in [0.717, 1.165) is 28.7 Å². The van der Waals surface area contributed by atoms with Crippen molar-refractivity contribution in [1.29, 1.82) is 0 Å². The maximum atomic E-state index is 13.1.